The molecule has 0 aliphatic carbocycles. The zero-order valence-electron chi connectivity index (χ0n) is 20.4. The van der Waals surface area contributed by atoms with Crippen LogP contribution < -0.4 is 4.74 Å². The molecule has 0 saturated heterocycles. The van der Waals surface area contributed by atoms with Crippen LogP contribution in [0.2, 0.25) is 0 Å². The van der Waals surface area contributed by atoms with Gasteiger partial charge in [0.2, 0.25) is 0 Å². The van der Waals surface area contributed by atoms with Gasteiger partial charge in [-0.25, -0.2) is 0 Å². The summed E-state index contributed by atoms with van der Waals surface area (Å²) in [7, 11) is 1.71. The predicted octanol–water partition coefficient (Wildman–Crippen LogP) is 7.81. The second-order valence-corrected chi connectivity index (χ2v) is 9.75. The molecule has 0 heterocycles. The van der Waals surface area contributed by atoms with Gasteiger partial charge in [-0.15, -0.1) is 0 Å². The van der Waals surface area contributed by atoms with Crippen molar-refractivity contribution in [2.75, 3.05) is 7.11 Å². The van der Waals surface area contributed by atoms with Gasteiger partial charge in [0.15, 0.2) is 0 Å². The molecule has 0 aromatic heterocycles. The van der Waals surface area contributed by atoms with Crippen LogP contribution in [0.5, 0.6) is 11.5 Å². The lowest BCUT2D eigenvalue weighted by atomic mass is 10.1. The summed E-state index contributed by atoms with van der Waals surface area (Å²) in [5, 5.41) is 11.2. The van der Waals surface area contributed by atoms with Gasteiger partial charge in [0, 0.05) is 23.5 Å². The lowest BCUT2D eigenvalue weighted by molar-refractivity contribution is 0.354. The zero-order chi connectivity index (χ0) is 24.6. The number of hydrogen-bond donors (Lipinski definition) is 1. The second-order valence-electron chi connectivity index (χ2n) is 8.66. The maximum absolute atomic E-state index is 10.1. The van der Waals surface area contributed by atoms with E-state index in [2.05, 4.69) is 91.6 Å². The highest BCUT2D eigenvalue weighted by atomic mass is 32.2. The van der Waals surface area contributed by atoms with Crippen molar-refractivity contribution < 1.29 is 9.84 Å². The summed E-state index contributed by atoms with van der Waals surface area (Å²) in [5.41, 5.74) is 5.72. The van der Waals surface area contributed by atoms with Crippen LogP contribution in [0.15, 0.2) is 107 Å². The standard InChI is InChI=1S/C31H31NO2S/c1-23-9-7-14-29(18-23)35-31(20-27-17-24(2)15-16-30(27)34-3)32(21-25-10-5-4-6-11-25)22-26-12-8-13-28(33)19-26/h4-20,33H,21-22H2,1-3H3/b31-20-. The Hall–Kier alpha value is -3.63. The van der Waals surface area contributed by atoms with E-state index in [0.29, 0.717) is 6.54 Å². The minimum atomic E-state index is 0.277. The average Bonchev–Trinajstić information content (AvgIpc) is 2.84. The number of ether oxygens (including phenoxy) is 1. The van der Waals surface area contributed by atoms with Crippen molar-refractivity contribution in [2.45, 2.75) is 31.8 Å². The van der Waals surface area contributed by atoms with Crippen molar-refractivity contribution in [2.24, 2.45) is 0 Å². The van der Waals surface area contributed by atoms with E-state index in [0.717, 1.165) is 28.5 Å². The Morgan fingerprint density at radius 3 is 2.26 bits per heavy atom. The van der Waals surface area contributed by atoms with Crippen LogP contribution in [-0.4, -0.2) is 17.1 Å². The highest BCUT2D eigenvalue weighted by molar-refractivity contribution is 8.03. The van der Waals surface area contributed by atoms with Crippen molar-refractivity contribution in [3.8, 4) is 11.5 Å². The zero-order valence-corrected chi connectivity index (χ0v) is 21.3. The molecular weight excluding hydrogens is 450 g/mol. The molecule has 4 aromatic rings. The molecule has 0 amide bonds. The van der Waals surface area contributed by atoms with Crippen LogP contribution in [0, 0.1) is 13.8 Å². The predicted molar refractivity (Wildman–Crippen MR) is 147 cm³/mol. The van der Waals surface area contributed by atoms with Gasteiger partial charge in [0.1, 0.15) is 11.5 Å². The fourth-order valence-corrected chi connectivity index (χ4v) is 5.05. The van der Waals surface area contributed by atoms with Gasteiger partial charge in [-0.3, -0.25) is 0 Å². The third kappa shape index (κ3) is 6.93. The van der Waals surface area contributed by atoms with Crippen molar-refractivity contribution in [1.82, 2.24) is 4.90 Å². The quantitative estimate of drug-likeness (QED) is 0.247. The fourth-order valence-electron chi connectivity index (χ4n) is 3.98. The summed E-state index contributed by atoms with van der Waals surface area (Å²) < 4.78 is 5.70. The Balaban J connectivity index is 1.81. The Kier molecular flexibility index (Phi) is 8.17. The first-order valence-electron chi connectivity index (χ1n) is 11.7. The van der Waals surface area contributed by atoms with Crippen molar-refractivity contribution >= 4 is 17.8 Å². The molecule has 0 aliphatic rings. The number of thioether (sulfide) groups is 1. The number of nitrogens with zero attached hydrogens (tertiary/aromatic N) is 1. The van der Waals surface area contributed by atoms with E-state index in [1.807, 2.05) is 24.3 Å². The topological polar surface area (TPSA) is 32.7 Å². The first kappa shape index (κ1) is 24.5. The Bertz CT molecular complexity index is 1300. The van der Waals surface area contributed by atoms with Gasteiger partial charge >= 0.3 is 0 Å². The molecule has 4 heteroatoms. The van der Waals surface area contributed by atoms with Crippen molar-refractivity contribution in [3.05, 3.63) is 130 Å². The number of hydrogen-bond acceptors (Lipinski definition) is 4. The molecule has 1 N–H and O–H groups in total. The molecule has 0 atom stereocenters. The van der Waals surface area contributed by atoms with E-state index >= 15 is 0 Å². The molecule has 3 nitrogen and oxygen atoms in total. The molecular formula is C31H31NO2S. The maximum atomic E-state index is 10.1. The highest BCUT2D eigenvalue weighted by Gasteiger charge is 2.15. The van der Waals surface area contributed by atoms with Gasteiger partial charge in [-0.1, -0.05) is 83.6 Å². The summed E-state index contributed by atoms with van der Waals surface area (Å²) in [6.45, 7) is 5.60. The molecule has 0 spiro atoms. The van der Waals surface area contributed by atoms with Crippen LogP contribution in [0.4, 0.5) is 0 Å². The van der Waals surface area contributed by atoms with Crippen LogP contribution in [0.25, 0.3) is 6.08 Å². The largest absolute Gasteiger partial charge is 0.508 e. The van der Waals surface area contributed by atoms with E-state index in [4.69, 9.17) is 4.74 Å². The van der Waals surface area contributed by atoms with Crippen molar-refractivity contribution in [1.29, 1.82) is 0 Å². The summed E-state index contributed by atoms with van der Waals surface area (Å²) >= 11 is 1.74. The first-order valence-corrected chi connectivity index (χ1v) is 12.5. The van der Waals surface area contributed by atoms with Crippen LogP contribution in [0.3, 0.4) is 0 Å². The molecule has 35 heavy (non-hydrogen) atoms. The molecule has 0 radical (unpaired) electrons. The Morgan fingerprint density at radius 1 is 0.800 bits per heavy atom. The fraction of sp³-hybridized carbons (Fsp3) is 0.161. The summed E-state index contributed by atoms with van der Waals surface area (Å²) in [5.74, 6) is 1.12. The van der Waals surface area contributed by atoms with E-state index in [1.54, 1.807) is 24.9 Å². The minimum Gasteiger partial charge on any atom is -0.508 e. The molecule has 4 aromatic carbocycles. The van der Waals surface area contributed by atoms with E-state index < -0.39 is 0 Å². The number of methoxy groups -OCH3 is 1. The number of aryl methyl sites for hydroxylation is 2. The van der Waals surface area contributed by atoms with Gasteiger partial charge in [0.05, 0.1) is 12.1 Å². The summed E-state index contributed by atoms with van der Waals surface area (Å²) in [4.78, 5) is 3.54. The Morgan fingerprint density at radius 2 is 1.51 bits per heavy atom. The average molecular weight is 482 g/mol. The molecule has 0 unspecified atom stereocenters. The lowest BCUT2D eigenvalue weighted by Crippen LogP contribution is -2.21. The normalized spacial score (nSPS) is 11.3. The highest BCUT2D eigenvalue weighted by Crippen LogP contribution is 2.35. The maximum Gasteiger partial charge on any atom is 0.126 e. The minimum absolute atomic E-state index is 0.277. The molecule has 178 valence electrons. The van der Waals surface area contributed by atoms with Gasteiger partial charge < -0.3 is 14.7 Å². The summed E-state index contributed by atoms with van der Waals surface area (Å²) in [6.07, 6.45) is 2.21. The Labute approximate surface area is 212 Å². The first-order chi connectivity index (χ1) is 17.0. The number of rotatable bonds is 9. The molecule has 0 aliphatic heterocycles. The van der Waals surface area contributed by atoms with E-state index in [1.165, 1.54) is 21.6 Å². The smallest absolute Gasteiger partial charge is 0.126 e. The van der Waals surface area contributed by atoms with Gasteiger partial charge in [-0.05, 0) is 67.4 Å². The van der Waals surface area contributed by atoms with E-state index in [-0.39, 0.29) is 5.75 Å². The molecule has 4 rings (SSSR count). The van der Waals surface area contributed by atoms with Crippen molar-refractivity contribution in [3.63, 3.8) is 0 Å². The number of phenolic OH excluding ortho intramolecular Hbond substituents is 1. The van der Waals surface area contributed by atoms with E-state index in [9.17, 15) is 5.11 Å². The SMILES string of the molecule is COc1ccc(C)cc1/C=C(\Sc1cccc(C)c1)N(Cc1ccccc1)Cc1cccc(O)c1. The van der Waals surface area contributed by atoms with Gasteiger partial charge in [-0.2, -0.15) is 0 Å². The monoisotopic (exact) mass is 481 g/mol. The molecule has 0 saturated carbocycles. The number of benzene rings is 4. The number of aromatic hydroxyl groups is 1. The number of phenols is 1. The second kappa shape index (κ2) is 11.7. The third-order valence-corrected chi connectivity index (χ3v) is 6.76. The van der Waals surface area contributed by atoms with Crippen LogP contribution >= 0.6 is 11.8 Å². The lowest BCUT2D eigenvalue weighted by Gasteiger charge is -2.28. The van der Waals surface area contributed by atoms with Crippen LogP contribution in [0.1, 0.15) is 27.8 Å². The molecule has 0 bridgehead atoms. The van der Waals surface area contributed by atoms with Crippen LogP contribution in [-0.2, 0) is 13.1 Å². The summed E-state index contributed by atoms with van der Waals surface area (Å²) in [6, 6.07) is 32.8. The third-order valence-electron chi connectivity index (χ3n) is 5.69. The molecule has 0 fully saturated rings. The van der Waals surface area contributed by atoms with Gasteiger partial charge in [0.25, 0.3) is 0 Å².